The monoisotopic (exact) mass is 406 g/mol. The number of nitrogens with one attached hydrogen (secondary N) is 1. The first-order chi connectivity index (χ1) is 13.7. The minimum Gasteiger partial charge on any atom is -0.449 e. The second-order valence-electron chi connectivity index (χ2n) is 7.05. The molecule has 0 unspecified atom stereocenters. The van der Waals surface area contributed by atoms with Crippen LogP contribution in [0.15, 0.2) is 24.3 Å². The SMILES string of the molecule is Cc1cc(/C=C/C(=O)O[C@H](C)C(=O)Nc2ccc(F)c(F)c2F)c(C)n1C1CC1. The van der Waals surface area contributed by atoms with Crippen LogP contribution in [0.2, 0.25) is 0 Å². The Morgan fingerprint density at radius 3 is 2.55 bits per heavy atom. The molecule has 1 aliphatic carbocycles. The predicted molar refractivity (Wildman–Crippen MR) is 102 cm³/mol. The van der Waals surface area contributed by atoms with E-state index in [0.717, 1.165) is 35.9 Å². The molecule has 1 aliphatic rings. The number of carbonyl (C=O) groups is 2. The van der Waals surface area contributed by atoms with Crippen molar-refractivity contribution in [3.63, 3.8) is 0 Å². The largest absolute Gasteiger partial charge is 0.449 e. The minimum atomic E-state index is -1.70. The lowest BCUT2D eigenvalue weighted by Crippen LogP contribution is -2.29. The molecule has 1 amide bonds. The van der Waals surface area contributed by atoms with Gasteiger partial charge in [-0.3, -0.25) is 4.79 Å². The number of carbonyl (C=O) groups excluding carboxylic acids is 2. The standard InChI is InChI=1S/C21H21F3N2O3/c1-11-10-14(12(2)26(11)15-5-6-15)4-9-18(27)29-13(3)21(28)25-17-8-7-16(22)19(23)20(17)24/h4,7-10,13,15H,5-6H2,1-3H3,(H,25,28)/b9-4+/t13-/m1/s1. The van der Waals surface area contributed by atoms with Gasteiger partial charge in [-0.05, 0) is 63.5 Å². The van der Waals surface area contributed by atoms with Crippen molar-refractivity contribution in [2.75, 3.05) is 5.32 Å². The number of benzene rings is 1. The number of halogens is 3. The van der Waals surface area contributed by atoms with Gasteiger partial charge in [-0.1, -0.05) is 0 Å². The lowest BCUT2D eigenvalue weighted by molar-refractivity contribution is -0.148. The molecule has 1 atom stereocenters. The Balaban J connectivity index is 1.60. The van der Waals surface area contributed by atoms with Crippen LogP contribution in [0.5, 0.6) is 0 Å². The Morgan fingerprint density at radius 1 is 1.21 bits per heavy atom. The van der Waals surface area contributed by atoms with Crippen LogP contribution >= 0.6 is 0 Å². The molecule has 5 nitrogen and oxygen atoms in total. The molecule has 0 saturated heterocycles. The van der Waals surface area contributed by atoms with Gasteiger partial charge in [0.2, 0.25) is 0 Å². The molecule has 8 heteroatoms. The number of nitrogens with zero attached hydrogens (tertiary/aromatic N) is 1. The Kier molecular flexibility index (Phi) is 5.81. The van der Waals surface area contributed by atoms with Gasteiger partial charge in [0.25, 0.3) is 5.91 Å². The third kappa shape index (κ3) is 4.52. The van der Waals surface area contributed by atoms with E-state index in [4.69, 9.17) is 4.74 Å². The van der Waals surface area contributed by atoms with Crippen LogP contribution in [0.3, 0.4) is 0 Å². The molecule has 0 aliphatic heterocycles. The van der Waals surface area contributed by atoms with E-state index in [1.54, 1.807) is 6.08 Å². The Bertz CT molecular complexity index is 994. The van der Waals surface area contributed by atoms with Crippen LogP contribution in [0, 0.1) is 31.3 Å². The molecular weight excluding hydrogens is 385 g/mol. The van der Waals surface area contributed by atoms with E-state index in [2.05, 4.69) is 9.88 Å². The van der Waals surface area contributed by atoms with E-state index in [-0.39, 0.29) is 0 Å². The number of amides is 1. The Labute approximate surface area is 166 Å². The van der Waals surface area contributed by atoms with Crippen molar-refractivity contribution in [2.24, 2.45) is 0 Å². The molecule has 1 aromatic carbocycles. The number of esters is 1. The normalized spacial score (nSPS) is 14.8. The molecule has 1 N–H and O–H groups in total. The molecule has 1 aromatic heterocycles. The Hall–Kier alpha value is -3.03. The molecule has 29 heavy (non-hydrogen) atoms. The van der Waals surface area contributed by atoms with Gasteiger partial charge in [-0.2, -0.15) is 0 Å². The van der Waals surface area contributed by atoms with Crippen molar-refractivity contribution in [3.05, 3.63) is 58.7 Å². The van der Waals surface area contributed by atoms with Gasteiger partial charge in [0.05, 0.1) is 5.69 Å². The summed E-state index contributed by atoms with van der Waals surface area (Å²) < 4.78 is 47.1. The van der Waals surface area contributed by atoms with Crippen LogP contribution in [0.25, 0.3) is 6.08 Å². The molecule has 1 fully saturated rings. The lowest BCUT2D eigenvalue weighted by Gasteiger charge is -2.13. The van der Waals surface area contributed by atoms with Crippen molar-refractivity contribution in [1.82, 2.24) is 4.57 Å². The van der Waals surface area contributed by atoms with Crippen LogP contribution in [-0.2, 0) is 14.3 Å². The number of anilines is 1. The van der Waals surface area contributed by atoms with Crippen LogP contribution < -0.4 is 5.32 Å². The highest BCUT2D eigenvalue weighted by Crippen LogP contribution is 2.38. The summed E-state index contributed by atoms with van der Waals surface area (Å²) in [4.78, 5) is 24.1. The first-order valence-corrected chi connectivity index (χ1v) is 9.20. The van der Waals surface area contributed by atoms with Crippen molar-refractivity contribution in [1.29, 1.82) is 0 Å². The van der Waals surface area contributed by atoms with Crippen molar-refractivity contribution in [3.8, 4) is 0 Å². The van der Waals surface area contributed by atoms with Crippen molar-refractivity contribution in [2.45, 2.75) is 45.8 Å². The molecule has 1 heterocycles. The highest BCUT2D eigenvalue weighted by Gasteiger charge is 2.26. The molecular formula is C21H21F3N2O3. The van der Waals surface area contributed by atoms with E-state index in [1.165, 1.54) is 13.0 Å². The summed E-state index contributed by atoms with van der Waals surface area (Å²) >= 11 is 0. The summed E-state index contributed by atoms with van der Waals surface area (Å²) in [5.41, 5.74) is 2.50. The second kappa shape index (κ2) is 8.14. The third-order valence-corrected chi connectivity index (χ3v) is 4.79. The van der Waals surface area contributed by atoms with Gasteiger partial charge < -0.3 is 14.6 Å². The lowest BCUT2D eigenvalue weighted by atomic mass is 10.2. The molecule has 1 saturated carbocycles. The number of aryl methyl sites for hydroxylation is 1. The summed E-state index contributed by atoms with van der Waals surface area (Å²) in [7, 11) is 0. The fraction of sp³-hybridized carbons (Fsp3) is 0.333. The molecule has 3 rings (SSSR count). The number of rotatable bonds is 6. The number of aromatic nitrogens is 1. The van der Waals surface area contributed by atoms with E-state index in [1.807, 2.05) is 19.9 Å². The minimum absolute atomic E-state index is 0.518. The first-order valence-electron chi connectivity index (χ1n) is 9.20. The summed E-state index contributed by atoms with van der Waals surface area (Å²) in [6.45, 7) is 5.27. The molecule has 0 bridgehead atoms. The van der Waals surface area contributed by atoms with Crippen molar-refractivity contribution >= 4 is 23.6 Å². The topological polar surface area (TPSA) is 60.3 Å². The quantitative estimate of drug-likeness (QED) is 0.438. The number of hydrogen-bond donors (Lipinski definition) is 1. The maximum Gasteiger partial charge on any atom is 0.331 e. The predicted octanol–water partition coefficient (Wildman–Crippen LogP) is 4.44. The van der Waals surface area contributed by atoms with Gasteiger partial charge in [0.1, 0.15) is 0 Å². The average Bonchev–Trinajstić information content (AvgIpc) is 3.45. The summed E-state index contributed by atoms with van der Waals surface area (Å²) in [6.07, 6.45) is 3.85. The summed E-state index contributed by atoms with van der Waals surface area (Å²) in [5.74, 6) is -6.22. The van der Waals surface area contributed by atoms with Crippen LogP contribution in [0.4, 0.5) is 18.9 Å². The highest BCUT2D eigenvalue weighted by atomic mass is 19.2. The summed E-state index contributed by atoms with van der Waals surface area (Å²) in [6, 6.07) is 4.06. The molecule has 154 valence electrons. The van der Waals surface area contributed by atoms with Gasteiger partial charge in [-0.25, -0.2) is 18.0 Å². The van der Waals surface area contributed by atoms with Crippen LogP contribution in [0.1, 0.15) is 42.8 Å². The first kappa shape index (κ1) is 20.7. The highest BCUT2D eigenvalue weighted by molar-refractivity contribution is 5.96. The zero-order valence-electron chi connectivity index (χ0n) is 16.3. The summed E-state index contributed by atoms with van der Waals surface area (Å²) in [5, 5.41) is 2.07. The van der Waals surface area contributed by atoms with E-state index in [0.29, 0.717) is 12.1 Å². The third-order valence-electron chi connectivity index (χ3n) is 4.79. The van der Waals surface area contributed by atoms with Gasteiger partial charge >= 0.3 is 5.97 Å². The second-order valence-corrected chi connectivity index (χ2v) is 7.05. The van der Waals surface area contributed by atoms with Crippen molar-refractivity contribution < 1.29 is 27.5 Å². The van der Waals surface area contributed by atoms with Crippen LogP contribution in [-0.4, -0.2) is 22.5 Å². The van der Waals surface area contributed by atoms with E-state index in [9.17, 15) is 22.8 Å². The fourth-order valence-corrected chi connectivity index (χ4v) is 3.15. The van der Waals surface area contributed by atoms with Gasteiger partial charge in [0, 0.05) is 23.5 Å². The zero-order valence-corrected chi connectivity index (χ0v) is 16.3. The molecule has 2 aromatic rings. The zero-order chi connectivity index (χ0) is 21.3. The smallest absolute Gasteiger partial charge is 0.331 e. The van der Waals surface area contributed by atoms with E-state index >= 15 is 0 Å². The average molecular weight is 406 g/mol. The fourth-order valence-electron chi connectivity index (χ4n) is 3.15. The number of ether oxygens (including phenoxy) is 1. The van der Waals surface area contributed by atoms with Gasteiger partial charge in [0.15, 0.2) is 23.6 Å². The molecule has 0 radical (unpaired) electrons. The maximum atomic E-state index is 13.6. The van der Waals surface area contributed by atoms with E-state index < -0.39 is 41.1 Å². The maximum absolute atomic E-state index is 13.6. The Morgan fingerprint density at radius 2 is 1.90 bits per heavy atom. The van der Waals surface area contributed by atoms with Gasteiger partial charge in [-0.15, -0.1) is 0 Å². The number of hydrogen-bond acceptors (Lipinski definition) is 3. The molecule has 0 spiro atoms.